The Kier molecular flexibility index (Phi) is 9.00. The van der Waals surface area contributed by atoms with Crippen molar-refractivity contribution < 1.29 is 58.1 Å². The Balaban J connectivity index is 1.40. The summed E-state index contributed by atoms with van der Waals surface area (Å²) in [7, 11) is 4.07. The third kappa shape index (κ3) is 6.58. The number of esters is 3. The van der Waals surface area contributed by atoms with Crippen molar-refractivity contribution in [2.24, 2.45) is 0 Å². The van der Waals surface area contributed by atoms with E-state index in [1.165, 1.54) is 88.1 Å². The van der Waals surface area contributed by atoms with Crippen LogP contribution in [-0.2, 0) is 0 Å². The number of phenolic OH excluding ortho intramolecular Hbond substituents is 3. The number of methoxy groups -OCH3 is 3. The molecule has 252 valence electrons. The third-order valence-corrected chi connectivity index (χ3v) is 7.71. The van der Waals surface area contributed by atoms with Crippen molar-refractivity contribution >= 4 is 39.5 Å². The predicted molar refractivity (Wildman–Crippen MR) is 180 cm³/mol. The Morgan fingerprint density at radius 2 is 0.880 bits per heavy atom. The van der Waals surface area contributed by atoms with Crippen molar-refractivity contribution in [3.05, 3.63) is 114 Å². The van der Waals surface area contributed by atoms with Crippen molar-refractivity contribution in [3.63, 3.8) is 0 Å². The molecule has 0 aliphatic carbocycles. The fourth-order valence-electron chi connectivity index (χ4n) is 5.17. The fraction of sp³-hybridized carbons (Fsp3) is 0.0789. The third-order valence-electron chi connectivity index (χ3n) is 7.71. The molecule has 0 unspecified atom stereocenters. The van der Waals surface area contributed by atoms with Gasteiger partial charge in [-0.25, -0.2) is 14.4 Å². The van der Waals surface area contributed by atoms with Crippen LogP contribution >= 0.6 is 0 Å². The molecule has 6 aromatic rings. The maximum absolute atomic E-state index is 13.5. The molecule has 6 rings (SSSR count). The van der Waals surface area contributed by atoms with Gasteiger partial charge in [0, 0.05) is 10.8 Å². The van der Waals surface area contributed by atoms with Crippen LogP contribution < -0.4 is 28.4 Å². The van der Waals surface area contributed by atoms with Gasteiger partial charge in [0.1, 0.15) is 17.2 Å². The van der Waals surface area contributed by atoms with Crippen molar-refractivity contribution in [1.29, 1.82) is 0 Å². The van der Waals surface area contributed by atoms with Crippen LogP contribution in [0.5, 0.6) is 51.7 Å². The van der Waals surface area contributed by atoms with E-state index in [0.29, 0.717) is 21.5 Å². The van der Waals surface area contributed by atoms with Crippen LogP contribution in [0.2, 0.25) is 0 Å². The summed E-state index contributed by atoms with van der Waals surface area (Å²) in [5, 5.41) is 31.8. The molecule has 0 spiro atoms. The highest BCUT2D eigenvalue weighted by molar-refractivity contribution is 6.09. The lowest BCUT2D eigenvalue weighted by atomic mass is 10.0. The van der Waals surface area contributed by atoms with Gasteiger partial charge in [0.25, 0.3) is 0 Å². The highest BCUT2D eigenvalue weighted by Gasteiger charge is 2.20. The van der Waals surface area contributed by atoms with Gasteiger partial charge in [-0.15, -0.1) is 0 Å². The number of hydrogen-bond donors (Lipinski definition) is 3. The lowest BCUT2D eigenvalue weighted by Gasteiger charge is -2.15. The van der Waals surface area contributed by atoms with Crippen LogP contribution in [0.3, 0.4) is 0 Å². The Hall–Kier alpha value is -6.95. The van der Waals surface area contributed by atoms with Crippen LogP contribution in [0.25, 0.3) is 21.5 Å². The molecule has 0 radical (unpaired) electrons. The van der Waals surface area contributed by atoms with Crippen LogP contribution in [0.15, 0.2) is 97.1 Å². The zero-order valence-electron chi connectivity index (χ0n) is 26.8. The standard InChI is InChI=1S/C38H28O12/c1-45-32-16-21(5-11-29(32)39)36(42)48-25-9-10-27-24(15-25)14-20-4-8-26(49-37(43)22-6-12-30(40)33(17-22)46-2)19-28(20)35(27)50-38(44)23-7-13-31(41)34(18-23)47-3/h4-19,39-41H,1-3H3. The summed E-state index contributed by atoms with van der Waals surface area (Å²) in [4.78, 5) is 39.5. The fourth-order valence-corrected chi connectivity index (χ4v) is 5.17. The minimum Gasteiger partial charge on any atom is -0.504 e. The molecular formula is C38H28O12. The number of rotatable bonds is 9. The van der Waals surface area contributed by atoms with E-state index in [9.17, 15) is 29.7 Å². The molecule has 0 saturated carbocycles. The molecule has 0 bridgehead atoms. The molecule has 0 amide bonds. The Bertz CT molecular complexity index is 2310. The second-order valence-corrected chi connectivity index (χ2v) is 10.8. The molecule has 12 nitrogen and oxygen atoms in total. The molecule has 3 N–H and O–H groups in total. The molecule has 0 saturated heterocycles. The molecule has 0 heterocycles. The highest BCUT2D eigenvalue weighted by Crippen LogP contribution is 2.40. The summed E-state index contributed by atoms with van der Waals surface area (Å²) in [6.07, 6.45) is 0. The first-order chi connectivity index (χ1) is 24.1. The number of fused-ring (bicyclic) bond motifs is 2. The van der Waals surface area contributed by atoms with Crippen LogP contribution in [0.4, 0.5) is 0 Å². The highest BCUT2D eigenvalue weighted by atomic mass is 16.5. The minimum atomic E-state index is -0.771. The first-order valence-electron chi connectivity index (χ1n) is 14.9. The monoisotopic (exact) mass is 676 g/mol. The van der Waals surface area contributed by atoms with Gasteiger partial charge in [0.05, 0.1) is 38.0 Å². The van der Waals surface area contributed by atoms with Gasteiger partial charge in [-0.05, 0) is 102 Å². The van der Waals surface area contributed by atoms with E-state index in [4.69, 9.17) is 28.4 Å². The Labute approximate surface area is 284 Å². The number of hydrogen-bond acceptors (Lipinski definition) is 12. The number of phenols is 3. The lowest BCUT2D eigenvalue weighted by Crippen LogP contribution is -2.10. The largest absolute Gasteiger partial charge is 0.504 e. The van der Waals surface area contributed by atoms with Crippen LogP contribution in [-0.4, -0.2) is 54.6 Å². The second-order valence-electron chi connectivity index (χ2n) is 10.8. The van der Waals surface area contributed by atoms with E-state index in [1.54, 1.807) is 30.3 Å². The summed E-state index contributed by atoms with van der Waals surface area (Å²) in [6, 6.07) is 23.4. The lowest BCUT2D eigenvalue weighted by molar-refractivity contribution is 0.0724. The van der Waals surface area contributed by atoms with Crippen molar-refractivity contribution in [2.75, 3.05) is 21.3 Å². The molecule has 12 heteroatoms. The zero-order valence-corrected chi connectivity index (χ0v) is 26.8. The van der Waals surface area contributed by atoms with Crippen molar-refractivity contribution in [1.82, 2.24) is 0 Å². The number of aromatic hydroxyl groups is 3. The van der Waals surface area contributed by atoms with E-state index in [2.05, 4.69) is 0 Å². The van der Waals surface area contributed by atoms with E-state index in [0.717, 1.165) is 0 Å². The molecule has 6 aromatic carbocycles. The smallest absolute Gasteiger partial charge is 0.343 e. The maximum atomic E-state index is 13.5. The summed E-state index contributed by atoms with van der Waals surface area (Å²) in [5.41, 5.74) is 0.354. The Morgan fingerprint density at radius 3 is 1.36 bits per heavy atom. The number of benzene rings is 6. The van der Waals surface area contributed by atoms with Gasteiger partial charge in [0.15, 0.2) is 34.5 Å². The molecule has 0 aliphatic rings. The molecular weight excluding hydrogens is 648 g/mol. The van der Waals surface area contributed by atoms with Gasteiger partial charge in [0.2, 0.25) is 0 Å². The Morgan fingerprint density at radius 1 is 0.440 bits per heavy atom. The van der Waals surface area contributed by atoms with E-state index < -0.39 is 17.9 Å². The quantitative estimate of drug-likeness (QED) is 0.0834. The zero-order chi connectivity index (χ0) is 35.5. The van der Waals surface area contributed by atoms with Gasteiger partial charge in [-0.2, -0.15) is 0 Å². The van der Waals surface area contributed by atoms with Crippen LogP contribution in [0, 0.1) is 0 Å². The van der Waals surface area contributed by atoms with Gasteiger partial charge in [-0.1, -0.05) is 6.07 Å². The van der Waals surface area contributed by atoms with Crippen molar-refractivity contribution in [3.8, 4) is 51.7 Å². The molecule has 0 atom stereocenters. The SMILES string of the molecule is COc1cc(C(=O)Oc2ccc3c(OC(=O)c4ccc(O)c(OC)c4)c4cc(OC(=O)c5ccc(O)c(OC)c5)ccc4cc3c2)ccc1O. The van der Waals surface area contributed by atoms with E-state index >= 15 is 0 Å². The van der Waals surface area contributed by atoms with Gasteiger partial charge in [-0.3, -0.25) is 0 Å². The van der Waals surface area contributed by atoms with Gasteiger partial charge >= 0.3 is 17.9 Å². The summed E-state index contributed by atoms with van der Waals surface area (Å²) >= 11 is 0. The average molecular weight is 677 g/mol. The van der Waals surface area contributed by atoms with Crippen LogP contribution in [0.1, 0.15) is 31.1 Å². The summed E-state index contributed by atoms with van der Waals surface area (Å²) in [5.74, 6) is -1.93. The topological polar surface area (TPSA) is 167 Å². The van der Waals surface area contributed by atoms with Crippen molar-refractivity contribution in [2.45, 2.75) is 0 Å². The number of ether oxygens (including phenoxy) is 6. The van der Waals surface area contributed by atoms with E-state index in [-0.39, 0.29) is 68.4 Å². The summed E-state index contributed by atoms with van der Waals surface area (Å²) < 4.78 is 32.5. The predicted octanol–water partition coefficient (Wildman–Crippen LogP) is 6.79. The normalized spacial score (nSPS) is 10.8. The second kappa shape index (κ2) is 13.6. The minimum absolute atomic E-state index is 0.0694. The molecule has 0 fully saturated rings. The average Bonchev–Trinajstić information content (AvgIpc) is 3.12. The molecule has 0 aromatic heterocycles. The van der Waals surface area contributed by atoms with Gasteiger partial charge < -0.3 is 43.7 Å². The number of carbonyl (C=O) groups is 3. The number of carbonyl (C=O) groups excluding carboxylic acids is 3. The molecule has 50 heavy (non-hydrogen) atoms. The van der Waals surface area contributed by atoms with E-state index in [1.807, 2.05) is 0 Å². The molecule has 0 aliphatic heterocycles. The summed E-state index contributed by atoms with van der Waals surface area (Å²) in [6.45, 7) is 0. The first-order valence-corrected chi connectivity index (χ1v) is 14.9. The maximum Gasteiger partial charge on any atom is 0.343 e. The first kappa shape index (κ1) is 33.0.